The lowest BCUT2D eigenvalue weighted by Gasteiger charge is -2.20. The Balaban J connectivity index is 1.73. The molecule has 1 heterocycles. The first kappa shape index (κ1) is 19.2. The maximum Gasteiger partial charge on any atom is 0.264 e. The van der Waals surface area contributed by atoms with Gasteiger partial charge in [0.2, 0.25) is 0 Å². The molecule has 1 saturated heterocycles. The number of carbonyl (C=O) groups excluding carboxylic acids is 1. The van der Waals surface area contributed by atoms with Crippen molar-refractivity contribution >= 4 is 40.3 Å². The molecule has 140 valence electrons. The Morgan fingerprint density at radius 3 is 2.26 bits per heavy atom. The quantitative estimate of drug-likeness (QED) is 0.720. The number of amides is 1. The van der Waals surface area contributed by atoms with Gasteiger partial charge in [-0.25, -0.2) is 4.99 Å². The van der Waals surface area contributed by atoms with Crippen molar-refractivity contribution in [1.29, 1.82) is 0 Å². The van der Waals surface area contributed by atoms with Gasteiger partial charge in [0.15, 0.2) is 5.17 Å². The lowest BCUT2D eigenvalue weighted by molar-refractivity contribution is -0.115. The third-order valence-electron chi connectivity index (χ3n) is 4.55. The Morgan fingerprint density at radius 2 is 1.67 bits per heavy atom. The van der Waals surface area contributed by atoms with Gasteiger partial charge in [-0.3, -0.25) is 4.79 Å². The van der Waals surface area contributed by atoms with E-state index in [9.17, 15) is 4.79 Å². The molecule has 27 heavy (non-hydrogen) atoms. The monoisotopic (exact) mass is 379 g/mol. The van der Waals surface area contributed by atoms with Crippen LogP contribution in [0.5, 0.6) is 0 Å². The minimum Gasteiger partial charge on any atom is -0.372 e. The molecule has 1 fully saturated rings. The number of carbonyl (C=O) groups is 1. The number of hydrogen-bond acceptors (Lipinski definition) is 4. The number of nitrogens with one attached hydrogen (secondary N) is 1. The molecular weight excluding hydrogens is 354 g/mol. The van der Waals surface area contributed by atoms with Gasteiger partial charge in [0.05, 0.1) is 10.6 Å². The van der Waals surface area contributed by atoms with Crippen molar-refractivity contribution in [3.63, 3.8) is 0 Å². The molecule has 0 aromatic heterocycles. The molecule has 4 nitrogen and oxygen atoms in total. The van der Waals surface area contributed by atoms with E-state index in [-0.39, 0.29) is 5.91 Å². The Bertz CT molecular complexity index is 850. The second-order valence-corrected chi connectivity index (χ2v) is 7.30. The van der Waals surface area contributed by atoms with E-state index in [0.29, 0.717) is 10.1 Å². The maximum absolute atomic E-state index is 12.3. The highest BCUT2D eigenvalue weighted by molar-refractivity contribution is 8.18. The van der Waals surface area contributed by atoms with Crippen molar-refractivity contribution in [1.82, 2.24) is 5.32 Å². The number of amidine groups is 1. The number of hydrogen-bond donors (Lipinski definition) is 1. The summed E-state index contributed by atoms with van der Waals surface area (Å²) in [4.78, 5) is 19.7. The fourth-order valence-electron chi connectivity index (χ4n) is 2.93. The average molecular weight is 380 g/mol. The molecule has 0 spiro atoms. The van der Waals surface area contributed by atoms with Crippen molar-refractivity contribution in [3.8, 4) is 0 Å². The zero-order valence-corrected chi connectivity index (χ0v) is 16.8. The van der Waals surface area contributed by atoms with Crippen LogP contribution in [0.1, 0.15) is 31.9 Å². The van der Waals surface area contributed by atoms with E-state index >= 15 is 0 Å². The van der Waals surface area contributed by atoms with E-state index in [1.165, 1.54) is 23.0 Å². The summed E-state index contributed by atoms with van der Waals surface area (Å²) in [6.45, 7) is 8.38. The van der Waals surface area contributed by atoms with E-state index in [1.807, 2.05) is 30.3 Å². The molecular formula is C22H25N3OS. The Hall–Kier alpha value is -2.53. The van der Waals surface area contributed by atoms with Crippen LogP contribution in [0.2, 0.25) is 0 Å². The van der Waals surface area contributed by atoms with Crippen LogP contribution in [0, 0.1) is 0 Å². The third kappa shape index (κ3) is 4.80. The molecule has 0 bridgehead atoms. The molecule has 5 heteroatoms. The topological polar surface area (TPSA) is 44.7 Å². The van der Waals surface area contributed by atoms with Gasteiger partial charge in [0.25, 0.3) is 5.91 Å². The van der Waals surface area contributed by atoms with Crippen LogP contribution >= 0.6 is 11.8 Å². The molecule has 3 rings (SSSR count). The summed E-state index contributed by atoms with van der Waals surface area (Å²) < 4.78 is 0. The van der Waals surface area contributed by atoms with E-state index in [1.54, 1.807) is 0 Å². The lowest BCUT2D eigenvalue weighted by atomic mass is 10.1. The zero-order chi connectivity index (χ0) is 19.2. The lowest BCUT2D eigenvalue weighted by Crippen LogP contribution is -2.21. The van der Waals surface area contributed by atoms with Crippen LogP contribution in [0.3, 0.4) is 0 Å². The molecule has 2 aromatic carbocycles. The van der Waals surface area contributed by atoms with Crippen LogP contribution in [0.15, 0.2) is 58.4 Å². The molecule has 1 aliphatic rings. The molecule has 0 saturated carbocycles. The van der Waals surface area contributed by atoms with E-state index < -0.39 is 0 Å². The van der Waals surface area contributed by atoms with Gasteiger partial charge in [-0.1, -0.05) is 31.2 Å². The van der Waals surface area contributed by atoms with Gasteiger partial charge in [-0.2, -0.15) is 0 Å². The van der Waals surface area contributed by atoms with Gasteiger partial charge in [-0.05, 0) is 73.5 Å². The van der Waals surface area contributed by atoms with Gasteiger partial charge >= 0.3 is 0 Å². The molecule has 0 radical (unpaired) electrons. The van der Waals surface area contributed by atoms with Gasteiger partial charge in [-0.15, -0.1) is 0 Å². The highest BCUT2D eigenvalue weighted by atomic mass is 32.2. The highest BCUT2D eigenvalue weighted by Gasteiger charge is 2.23. The fourth-order valence-corrected chi connectivity index (χ4v) is 3.77. The number of aryl methyl sites for hydroxylation is 1. The van der Waals surface area contributed by atoms with Crippen molar-refractivity contribution in [2.24, 2.45) is 4.99 Å². The fraction of sp³-hybridized carbons (Fsp3) is 0.273. The summed E-state index contributed by atoms with van der Waals surface area (Å²) in [7, 11) is 0. The zero-order valence-electron chi connectivity index (χ0n) is 16.0. The molecule has 0 atom stereocenters. The maximum atomic E-state index is 12.3. The summed E-state index contributed by atoms with van der Waals surface area (Å²) in [5.74, 6) is -0.100. The first-order chi connectivity index (χ1) is 13.1. The Kier molecular flexibility index (Phi) is 6.35. The van der Waals surface area contributed by atoms with Crippen LogP contribution in [0.25, 0.3) is 6.08 Å². The SMILES string of the molecule is CCc1ccc(N=C2NC(=O)/C(=C/c3ccc(N(CC)CC)cc3)S2)cc1. The largest absolute Gasteiger partial charge is 0.372 e. The second kappa shape index (κ2) is 8.91. The molecule has 1 N–H and O–H groups in total. The third-order valence-corrected chi connectivity index (χ3v) is 5.46. The minimum atomic E-state index is -0.100. The van der Waals surface area contributed by atoms with Crippen molar-refractivity contribution in [2.75, 3.05) is 18.0 Å². The normalized spacial score (nSPS) is 16.8. The predicted molar refractivity (Wildman–Crippen MR) is 117 cm³/mol. The van der Waals surface area contributed by atoms with Crippen LogP contribution in [-0.2, 0) is 11.2 Å². The number of benzene rings is 2. The van der Waals surface area contributed by atoms with Gasteiger partial charge in [0.1, 0.15) is 0 Å². The Morgan fingerprint density at radius 1 is 1.00 bits per heavy atom. The van der Waals surface area contributed by atoms with Crippen LogP contribution in [-0.4, -0.2) is 24.2 Å². The van der Waals surface area contributed by atoms with E-state index in [4.69, 9.17) is 0 Å². The summed E-state index contributed by atoms with van der Waals surface area (Å²) in [5.41, 5.74) is 4.33. The van der Waals surface area contributed by atoms with Crippen molar-refractivity contribution in [2.45, 2.75) is 27.2 Å². The van der Waals surface area contributed by atoms with Crippen LogP contribution in [0.4, 0.5) is 11.4 Å². The number of rotatable bonds is 6. The summed E-state index contributed by atoms with van der Waals surface area (Å²) in [6.07, 6.45) is 2.91. The number of thioether (sulfide) groups is 1. The number of nitrogens with zero attached hydrogens (tertiary/aromatic N) is 2. The highest BCUT2D eigenvalue weighted by Crippen LogP contribution is 2.28. The first-order valence-corrected chi connectivity index (χ1v) is 10.2. The molecule has 1 aliphatic heterocycles. The van der Waals surface area contributed by atoms with Crippen molar-refractivity contribution < 1.29 is 4.79 Å². The van der Waals surface area contributed by atoms with Gasteiger partial charge < -0.3 is 10.2 Å². The summed E-state index contributed by atoms with van der Waals surface area (Å²) in [6, 6.07) is 16.4. The van der Waals surface area contributed by atoms with E-state index in [0.717, 1.165) is 30.8 Å². The molecule has 0 unspecified atom stereocenters. The smallest absolute Gasteiger partial charge is 0.264 e. The number of anilines is 1. The first-order valence-electron chi connectivity index (χ1n) is 9.36. The van der Waals surface area contributed by atoms with E-state index in [2.05, 4.69) is 60.2 Å². The number of aliphatic imine (C=N–C) groups is 1. The summed E-state index contributed by atoms with van der Waals surface area (Å²) >= 11 is 1.38. The van der Waals surface area contributed by atoms with Crippen LogP contribution < -0.4 is 10.2 Å². The van der Waals surface area contributed by atoms with Crippen molar-refractivity contribution in [3.05, 3.63) is 64.6 Å². The molecule has 2 aromatic rings. The summed E-state index contributed by atoms with van der Waals surface area (Å²) in [5, 5.41) is 3.47. The molecule has 0 aliphatic carbocycles. The predicted octanol–water partition coefficient (Wildman–Crippen LogP) is 4.99. The average Bonchev–Trinajstić information content (AvgIpc) is 3.03. The molecule has 1 amide bonds. The Labute approximate surface area is 165 Å². The van der Waals surface area contributed by atoms with Gasteiger partial charge in [0, 0.05) is 18.8 Å². The second-order valence-electron chi connectivity index (χ2n) is 6.27. The minimum absolute atomic E-state index is 0.100. The standard InChI is InChI=1S/C22H25N3OS/c1-4-16-7-11-18(12-8-16)23-22-24-21(26)20(27-22)15-17-9-13-19(14-10-17)25(5-2)6-3/h7-15H,4-6H2,1-3H3,(H,23,24,26)/b20-15-.